The van der Waals surface area contributed by atoms with Gasteiger partial charge in [-0.1, -0.05) is 66.7 Å². The van der Waals surface area contributed by atoms with Crippen molar-refractivity contribution in [1.82, 2.24) is 10.6 Å². The molecule has 1 aliphatic heterocycles. The van der Waals surface area contributed by atoms with Crippen molar-refractivity contribution in [3.05, 3.63) is 94.5 Å². The van der Waals surface area contributed by atoms with Crippen molar-refractivity contribution in [3.8, 4) is 11.1 Å². The van der Waals surface area contributed by atoms with Gasteiger partial charge in [0.1, 0.15) is 0 Å². The molecule has 0 bridgehead atoms. The maximum absolute atomic E-state index is 12.1. The van der Waals surface area contributed by atoms with Gasteiger partial charge in [0, 0.05) is 25.9 Å². The van der Waals surface area contributed by atoms with Crippen molar-refractivity contribution in [1.29, 1.82) is 0 Å². The van der Waals surface area contributed by atoms with Crippen LogP contribution in [0.15, 0.2) is 66.7 Å². The predicted octanol–water partition coefficient (Wildman–Crippen LogP) is 5.25. The highest BCUT2D eigenvalue weighted by molar-refractivity contribution is 5.73. The molecule has 1 amide bonds. The number of hydrogen-bond donors (Lipinski definition) is 3. The van der Waals surface area contributed by atoms with Crippen molar-refractivity contribution in [2.45, 2.75) is 64.8 Å². The van der Waals surface area contributed by atoms with E-state index in [1.54, 1.807) is 6.92 Å². The van der Waals surface area contributed by atoms with E-state index in [0.717, 1.165) is 40.8 Å². The Morgan fingerprint density at radius 1 is 1.10 bits per heavy atom. The number of carbonyl (C=O) groups is 1. The van der Waals surface area contributed by atoms with E-state index in [0.29, 0.717) is 39.3 Å². The van der Waals surface area contributed by atoms with Crippen LogP contribution in [-0.2, 0) is 32.9 Å². The van der Waals surface area contributed by atoms with Crippen LogP contribution in [0.25, 0.3) is 11.1 Å². The zero-order chi connectivity index (χ0) is 28.5. The number of amides is 1. The second-order valence-electron chi connectivity index (χ2n) is 11.1. The SMILES string of the molecule is CC(=O)NCCc1ccccc1-c1ccc([C@H]2CNCC[C@]2(O)c2ccc(COCCOC(C)C)cc2)c(C)c1. The zero-order valence-corrected chi connectivity index (χ0v) is 24.3. The number of aryl methyl sites for hydroxylation is 1. The van der Waals surface area contributed by atoms with Gasteiger partial charge < -0.3 is 25.2 Å². The minimum atomic E-state index is -0.960. The minimum Gasteiger partial charge on any atom is -0.384 e. The van der Waals surface area contributed by atoms with E-state index in [9.17, 15) is 9.90 Å². The van der Waals surface area contributed by atoms with E-state index in [1.165, 1.54) is 11.1 Å². The molecule has 214 valence electrons. The second-order valence-corrected chi connectivity index (χ2v) is 11.1. The molecule has 6 nitrogen and oxygen atoms in total. The third kappa shape index (κ3) is 7.58. The molecule has 0 unspecified atom stereocenters. The first-order valence-corrected chi connectivity index (χ1v) is 14.4. The van der Waals surface area contributed by atoms with Gasteiger partial charge in [0.05, 0.1) is 31.5 Å². The second kappa shape index (κ2) is 14.0. The number of nitrogens with one attached hydrogen (secondary N) is 2. The molecule has 0 radical (unpaired) electrons. The van der Waals surface area contributed by atoms with E-state index in [2.05, 4.69) is 78.2 Å². The van der Waals surface area contributed by atoms with Crippen LogP contribution in [0.4, 0.5) is 0 Å². The highest BCUT2D eigenvalue weighted by Crippen LogP contribution is 2.43. The maximum atomic E-state index is 12.1. The number of hydrogen-bond acceptors (Lipinski definition) is 5. The topological polar surface area (TPSA) is 79.8 Å². The Hall–Kier alpha value is -3.03. The lowest BCUT2D eigenvalue weighted by molar-refractivity contribution is -0.118. The lowest BCUT2D eigenvalue weighted by atomic mass is 9.72. The zero-order valence-electron chi connectivity index (χ0n) is 24.3. The first-order chi connectivity index (χ1) is 19.3. The van der Waals surface area contributed by atoms with Gasteiger partial charge in [-0.25, -0.2) is 0 Å². The summed E-state index contributed by atoms with van der Waals surface area (Å²) in [5.74, 6) is -0.0815. The molecule has 1 heterocycles. The normalized spacial score (nSPS) is 19.1. The van der Waals surface area contributed by atoms with Gasteiger partial charge in [0.2, 0.25) is 5.91 Å². The summed E-state index contributed by atoms with van der Waals surface area (Å²) in [4.78, 5) is 11.3. The summed E-state index contributed by atoms with van der Waals surface area (Å²) in [6, 6.07) is 23.2. The highest BCUT2D eigenvalue weighted by Gasteiger charge is 2.41. The molecule has 0 saturated carbocycles. The van der Waals surface area contributed by atoms with E-state index < -0.39 is 5.60 Å². The standard InChI is InChI=1S/C34H44N2O4/c1-24(2)40-20-19-39-23-27-9-12-30(13-10-27)34(38)16-18-35-22-33(34)31-14-11-29(21-25(31)3)32-8-6-5-7-28(32)15-17-36-26(4)37/h5-14,21,24,33,35,38H,15-20,22-23H2,1-4H3,(H,36,37)/t33-,34+/m1/s1. The Kier molecular flexibility index (Phi) is 10.5. The average Bonchev–Trinajstić information content (AvgIpc) is 2.93. The van der Waals surface area contributed by atoms with Crippen LogP contribution in [0.1, 0.15) is 60.9 Å². The molecule has 0 spiro atoms. The van der Waals surface area contributed by atoms with Gasteiger partial charge in [-0.15, -0.1) is 0 Å². The third-order valence-corrected chi connectivity index (χ3v) is 7.75. The Bertz CT molecular complexity index is 1260. The van der Waals surface area contributed by atoms with Crippen molar-refractivity contribution >= 4 is 5.91 Å². The molecule has 0 aliphatic carbocycles. The summed E-state index contributed by atoms with van der Waals surface area (Å²) in [6.07, 6.45) is 1.63. The summed E-state index contributed by atoms with van der Waals surface area (Å²) < 4.78 is 11.3. The van der Waals surface area contributed by atoms with Crippen LogP contribution < -0.4 is 10.6 Å². The van der Waals surface area contributed by atoms with Crippen LogP contribution in [0.3, 0.4) is 0 Å². The van der Waals surface area contributed by atoms with E-state index in [1.807, 2.05) is 19.9 Å². The molecular formula is C34H44N2O4. The molecule has 4 rings (SSSR count). The summed E-state index contributed by atoms with van der Waals surface area (Å²) in [5.41, 5.74) is 6.91. The number of piperidine rings is 1. The van der Waals surface area contributed by atoms with Gasteiger partial charge in [-0.3, -0.25) is 4.79 Å². The van der Waals surface area contributed by atoms with E-state index >= 15 is 0 Å². The molecule has 40 heavy (non-hydrogen) atoms. The first kappa shape index (κ1) is 29.9. The number of aliphatic hydroxyl groups is 1. The van der Waals surface area contributed by atoms with Crippen molar-refractivity contribution in [2.75, 3.05) is 32.8 Å². The number of ether oxygens (including phenoxy) is 2. The summed E-state index contributed by atoms with van der Waals surface area (Å²) in [6.45, 7) is 11.5. The summed E-state index contributed by atoms with van der Waals surface area (Å²) >= 11 is 0. The van der Waals surface area contributed by atoms with Crippen molar-refractivity contribution < 1.29 is 19.4 Å². The van der Waals surface area contributed by atoms with E-state index in [4.69, 9.17) is 9.47 Å². The number of benzene rings is 3. The van der Waals surface area contributed by atoms with Gasteiger partial charge in [0.25, 0.3) is 0 Å². The molecular weight excluding hydrogens is 500 g/mol. The van der Waals surface area contributed by atoms with Crippen LogP contribution in [-0.4, -0.2) is 50.0 Å². The van der Waals surface area contributed by atoms with Crippen LogP contribution in [0.2, 0.25) is 0 Å². The van der Waals surface area contributed by atoms with Gasteiger partial charge >= 0.3 is 0 Å². The minimum absolute atomic E-state index is 0.0126. The smallest absolute Gasteiger partial charge is 0.216 e. The maximum Gasteiger partial charge on any atom is 0.216 e. The van der Waals surface area contributed by atoms with Crippen molar-refractivity contribution in [2.24, 2.45) is 0 Å². The van der Waals surface area contributed by atoms with Gasteiger partial charge in [0.15, 0.2) is 0 Å². The lowest BCUT2D eigenvalue weighted by Gasteiger charge is -2.42. The Morgan fingerprint density at radius 3 is 2.60 bits per heavy atom. The van der Waals surface area contributed by atoms with Crippen LogP contribution in [0, 0.1) is 6.92 Å². The fraction of sp³-hybridized carbons (Fsp3) is 0.441. The molecule has 0 aromatic heterocycles. The monoisotopic (exact) mass is 544 g/mol. The third-order valence-electron chi connectivity index (χ3n) is 7.75. The van der Waals surface area contributed by atoms with Crippen LogP contribution >= 0.6 is 0 Å². The van der Waals surface area contributed by atoms with Crippen molar-refractivity contribution in [3.63, 3.8) is 0 Å². The fourth-order valence-corrected chi connectivity index (χ4v) is 5.63. The average molecular weight is 545 g/mol. The first-order valence-electron chi connectivity index (χ1n) is 14.4. The fourth-order valence-electron chi connectivity index (χ4n) is 5.63. The van der Waals surface area contributed by atoms with Gasteiger partial charge in [-0.05, 0) is 79.1 Å². The molecule has 3 aromatic carbocycles. The molecule has 1 fully saturated rings. The largest absolute Gasteiger partial charge is 0.384 e. The molecule has 3 N–H and O–H groups in total. The highest BCUT2D eigenvalue weighted by atomic mass is 16.5. The quantitative estimate of drug-likeness (QED) is 0.272. The molecule has 1 saturated heterocycles. The Balaban J connectivity index is 1.51. The number of rotatable bonds is 12. The Morgan fingerprint density at radius 2 is 1.88 bits per heavy atom. The molecule has 1 aliphatic rings. The summed E-state index contributed by atoms with van der Waals surface area (Å²) in [5, 5.41) is 18.5. The van der Waals surface area contributed by atoms with Crippen LogP contribution in [0.5, 0.6) is 0 Å². The van der Waals surface area contributed by atoms with E-state index in [-0.39, 0.29) is 17.9 Å². The summed E-state index contributed by atoms with van der Waals surface area (Å²) in [7, 11) is 0. The molecule has 3 aromatic rings. The Labute approximate surface area is 239 Å². The van der Waals surface area contributed by atoms with Gasteiger partial charge in [-0.2, -0.15) is 0 Å². The predicted molar refractivity (Wildman–Crippen MR) is 160 cm³/mol. The lowest BCUT2D eigenvalue weighted by Crippen LogP contribution is -2.46. The molecule has 6 heteroatoms. The number of carbonyl (C=O) groups excluding carboxylic acids is 1. The molecule has 2 atom stereocenters.